The van der Waals surface area contributed by atoms with E-state index >= 15 is 0 Å². The lowest BCUT2D eigenvalue weighted by atomic mass is 9.78. The summed E-state index contributed by atoms with van der Waals surface area (Å²) in [6.07, 6.45) is 3.34. The van der Waals surface area contributed by atoms with E-state index in [2.05, 4.69) is 14.9 Å². The Morgan fingerprint density at radius 2 is 1.84 bits per heavy atom. The number of halogens is 2. The number of benzene rings is 1. The molecule has 31 heavy (non-hydrogen) atoms. The fourth-order valence-electron chi connectivity index (χ4n) is 4.62. The molecule has 1 spiro atoms. The van der Waals surface area contributed by atoms with Crippen molar-refractivity contribution in [1.82, 2.24) is 9.97 Å². The molecule has 0 atom stereocenters. The van der Waals surface area contributed by atoms with E-state index in [0.717, 1.165) is 25.0 Å². The number of piperidine rings is 2. The van der Waals surface area contributed by atoms with Crippen LogP contribution >= 0.6 is 0 Å². The molecule has 2 aromatic rings. The summed E-state index contributed by atoms with van der Waals surface area (Å²) in [5, 5.41) is 0. The maximum atomic E-state index is 13.9. The number of ether oxygens (including phenoxy) is 1. The van der Waals surface area contributed by atoms with Crippen molar-refractivity contribution in [2.24, 2.45) is 0 Å². The van der Waals surface area contributed by atoms with E-state index < -0.39 is 17.2 Å². The second kappa shape index (κ2) is 8.28. The lowest BCUT2D eigenvalue weighted by Crippen LogP contribution is -2.60. The van der Waals surface area contributed by atoms with Crippen molar-refractivity contribution < 1.29 is 18.3 Å². The highest BCUT2D eigenvalue weighted by Crippen LogP contribution is 2.42. The van der Waals surface area contributed by atoms with Gasteiger partial charge in [-0.2, -0.15) is 9.97 Å². The normalized spacial score (nSPS) is 18.7. The van der Waals surface area contributed by atoms with Crippen molar-refractivity contribution in [1.29, 1.82) is 0 Å². The third kappa shape index (κ3) is 4.26. The number of hydrogen-bond donors (Lipinski definition) is 1. The largest absolute Gasteiger partial charge is 0.475 e. The first-order valence-electron chi connectivity index (χ1n) is 10.6. The molecule has 2 saturated heterocycles. The van der Waals surface area contributed by atoms with Crippen LogP contribution in [0.5, 0.6) is 5.88 Å². The van der Waals surface area contributed by atoms with Gasteiger partial charge in [0.15, 0.2) is 11.6 Å². The minimum absolute atomic E-state index is 0.0373. The molecule has 1 amide bonds. The molecule has 9 heteroatoms. The molecule has 0 unspecified atom stereocenters. The van der Waals surface area contributed by atoms with Crippen LogP contribution in [0.4, 0.5) is 26.2 Å². The van der Waals surface area contributed by atoms with Crippen LogP contribution in [-0.4, -0.2) is 40.6 Å². The van der Waals surface area contributed by atoms with Crippen molar-refractivity contribution in [2.75, 3.05) is 28.6 Å². The number of hydrogen-bond acceptors (Lipinski definition) is 6. The first-order valence-corrected chi connectivity index (χ1v) is 10.6. The van der Waals surface area contributed by atoms with Gasteiger partial charge >= 0.3 is 0 Å². The summed E-state index contributed by atoms with van der Waals surface area (Å²) in [4.78, 5) is 25.1. The molecule has 166 valence electrons. The highest BCUT2D eigenvalue weighted by Gasteiger charge is 2.45. The van der Waals surface area contributed by atoms with Crippen LogP contribution in [0.15, 0.2) is 24.3 Å². The second-order valence-corrected chi connectivity index (χ2v) is 8.48. The van der Waals surface area contributed by atoms with E-state index in [1.165, 1.54) is 6.07 Å². The Labute approximate surface area is 180 Å². The van der Waals surface area contributed by atoms with Crippen LogP contribution in [0.1, 0.15) is 46.0 Å². The Bertz CT molecular complexity index is 976. The number of amides is 1. The summed E-state index contributed by atoms with van der Waals surface area (Å²) >= 11 is 0. The number of anilines is 3. The average molecular weight is 431 g/mol. The number of nitrogen functional groups attached to an aromatic ring is 1. The molecule has 7 nitrogen and oxygen atoms in total. The Hall–Kier alpha value is -2.97. The summed E-state index contributed by atoms with van der Waals surface area (Å²) in [5.74, 6) is -0.668. The van der Waals surface area contributed by atoms with Crippen molar-refractivity contribution in [3.8, 4) is 5.88 Å². The molecule has 2 aliphatic rings. The lowest BCUT2D eigenvalue weighted by molar-refractivity contribution is -0.121. The molecular formula is C22H27F2N5O2. The molecular weight excluding hydrogens is 404 g/mol. The van der Waals surface area contributed by atoms with E-state index in [1.54, 1.807) is 11.0 Å². The average Bonchev–Trinajstić information content (AvgIpc) is 2.70. The maximum Gasteiger partial charge on any atom is 0.227 e. The Morgan fingerprint density at radius 1 is 1.10 bits per heavy atom. The van der Waals surface area contributed by atoms with E-state index in [-0.39, 0.29) is 18.0 Å². The van der Waals surface area contributed by atoms with Gasteiger partial charge < -0.3 is 20.3 Å². The second-order valence-electron chi connectivity index (χ2n) is 8.48. The van der Waals surface area contributed by atoms with Crippen LogP contribution in [0.3, 0.4) is 0 Å². The zero-order valence-corrected chi connectivity index (χ0v) is 17.8. The topological polar surface area (TPSA) is 84.6 Å². The predicted octanol–water partition coefficient (Wildman–Crippen LogP) is 3.68. The summed E-state index contributed by atoms with van der Waals surface area (Å²) in [6, 6.07) is 5.45. The van der Waals surface area contributed by atoms with Gasteiger partial charge in [0, 0.05) is 37.3 Å². The van der Waals surface area contributed by atoms with Crippen molar-refractivity contribution in [3.05, 3.63) is 35.9 Å². The molecule has 1 aromatic heterocycles. The van der Waals surface area contributed by atoms with Crippen LogP contribution in [0.25, 0.3) is 0 Å². The van der Waals surface area contributed by atoms with E-state index in [9.17, 15) is 13.6 Å². The molecule has 2 aliphatic heterocycles. The Balaban J connectivity index is 1.57. The van der Waals surface area contributed by atoms with Gasteiger partial charge in [0.05, 0.1) is 11.6 Å². The monoisotopic (exact) mass is 431 g/mol. The van der Waals surface area contributed by atoms with Gasteiger partial charge in [-0.3, -0.25) is 4.79 Å². The van der Waals surface area contributed by atoms with Gasteiger partial charge in [0.25, 0.3) is 0 Å². The van der Waals surface area contributed by atoms with Crippen LogP contribution in [0.2, 0.25) is 0 Å². The fraction of sp³-hybridized carbons (Fsp3) is 0.500. The molecule has 2 fully saturated rings. The number of carbonyl (C=O) groups is 1. The van der Waals surface area contributed by atoms with Crippen LogP contribution in [0, 0.1) is 11.6 Å². The standard InChI is InChI=1S/C22H27F2N5O2/c1-14(2)31-19-13-18(26-21(25)27-19)28-10-8-22(9-11-28)7-3-4-20(30)29(22)15-5-6-16(23)17(24)12-15/h5-6,12-14H,3-4,7-11H2,1-2H3,(H2,25,26,27). The summed E-state index contributed by atoms with van der Waals surface area (Å²) in [5.41, 5.74) is 5.86. The van der Waals surface area contributed by atoms with Gasteiger partial charge in [-0.15, -0.1) is 0 Å². The van der Waals surface area contributed by atoms with Gasteiger partial charge in [-0.05, 0) is 51.7 Å². The predicted molar refractivity (Wildman–Crippen MR) is 114 cm³/mol. The quantitative estimate of drug-likeness (QED) is 0.795. The molecule has 0 bridgehead atoms. The lowest BCUT2D eigenvalue weighted by Gasteiger charge is -2.51. The van der Waals surface area contributed by atoms with Crippen LogP contribution in [-0.2, 0) is 4.79 Å². The van der Waals surface area contributed by atoms with Crippen LogP contribution < -0.4 is 20.3 Å². The van der Waals surface area contributed by atoms with Gasteiger partial charge in [-0.25, -0.2) is 8.78 Å². The Morgan fingerprint density at radius 3 is 2.52 bits per heavy atom. The number of carbonyl (C=O) groups excluding carboxylic acids is 1. The first-order chi connectivity index (χ1) is 14.8. The van der Waals surface area contributed by atoms with Crippen molar-refractivity contribution >= 4 is 23.4 Å². The van der Waals surface area contributed by atoms with Gasteiger partial charge in [-0.1, -0.05) is 0 Å². The van der Waals surface area contributed by atoms with Gasteiger partial charge in [0.1, 0.15) is 5.82 Å². The summed E-state index contributed by atoms with van der Waals surface area (Å²) in [7, 11) is 0. The molecule has 4 rings (SSSR count). The van der Waals surface area contributed by atoms with Gasteiger partial charge in [0.2, 0.25) is 17.7 Å². The highest BCUT2D eigenvalue weighted by atomic mass is 19.2. The number of nitrogens with zero attached hydrogens (tertiary/aromatic N) is 4. The summed E-state index contributed by atoms with van der Waals surface area (Å²) in [6.45, 7) is 5.11. The number of rotatable bonds is 4. The fourth-order valence-corrected chi connectivity index (χ4v) is 4.62. The third-order valence-corrected chi connectivity index (χ3v) is 6.00. The summed E-state index contributed by atoms with van der Waals surface area (Å²) < 4.78 is 33.0. The molecule has 0 aliphatic carbocycles. The van der Waals surface area contributed by atoms with Crippen molar-refractivity contribution in [3.63, 3.8) is 0 Å². The highest BCUT2D eigenvalue weighted by molar-refractivity contribution is 5.95. The zero-order valence-electron chi connectivity index (χ0n) is 17.8. The maximum absolute atomic E-state index is 13.9. The van der Waals surface area contributed by atoms with Crippen molar-refractivity contribution in [2.45, 2.75) is 57.6 Å². The SMILES string of the molecule is CC(C)Oc1cc(N2CCC3(CCCC(=O)N3c3ccc(F)c(F)c3)CC2)nc(N)n1. The zero-order chi connectivity index (χ0) is 22.2. The van der Waals surface area contributed by atoms with E-state index in [1.807, 2.05) is 13.8 Å². The molecule has 3 heterocycles. The van der Waals surface area contributed by atoms with E-state index in [0.29, 0.717) is 49.7 Å². The number of nitrogens with two attached hydrogens (primary N) is 1. The Kier molecular flexibility index (Phi) is 5.68. The minimum Gasteiger partial charge on any atom is -0.475 e. The molecule has 0 saturated carbocycles. The third-order valence-electron chi connectivity index (χ3n) is 6.00. The first kappa shape index (κ1) is 21.3. The van der Waals surface area contributed by atoms with E-state index in [4.69, 9.17) is 10.5 Å². The smallest absolute Gasteiger partial charge is 0.227 e. The number of aromatic nitrogens is 2. The molecule has 0 radical (unpaired) electrons. The molecule has 1 aromatic carbocycles. The minimum atomic E-state index is -0.947. The molecule has 2 N–H and O–H groups in total.